The van der Waals surface area contributed by atoms with Crippen LogP contribution in [0.2, 0.25) is 0 Å². The Bertz CT molecular complexity index is 466. The van der Waals surface area contributed by atoms with Crippen molar-refractivity contribution in [2.24, 2.45) is 11.7 Å². The fourth-order valence-electron chi connectivity index (χ4n) is 3.35. The highest BCUT2D eigenvalue weighted by atomic mass is 32.2. The van der Waals surface area contributed by atoms with Crippen molar-refractivity contribution in [1.82, 2.24) is 4.90 Å². The van der Waals surface area contributed by atoms with Gasteiger partial charge in [0.05, 0.1) is 11.5 Å². The third kappa shape index (κ3) is 4.40. The van der Waals surface area contributed by atoms with E-state index in [4.69, 9.17) is 10.5 Å². The number of hydrogen-bond donors (Lipinski definition) is 1. The van der Waals surface area contributed by atoms with Gasteiger partial charge in [-0.25, -0.2) is 8.42 Å². The number of carbonyl (C=O) groups is 1. The number of nitrogens with two attached hydrogens (primary N) is 1. The summed E-state index contributed by atoms with van der Waals surface area (Å²) in [7, 11) is -1.36. The zero-order valence-electron chi connectivity index (χ0n) is 12.7. The molecule has 21 heavy (non-hydrogen) atoms. The maximum Gasteiger partial charge on any atom is 0.226 e. The van der Waals surface area contributed by atoms with E-state index in [0.29, 0.717) is 19.6 Å². The Labute approximate surface area is 126 Å². The zero-order chi connectivity index (χ0) is 15.5. The first-order valence-corrected chi connectivity index (χ1v) is 9.50. The van der Waals surface area contributed by atoms with E-state index in [9.17, 15) is 13.2 Å². The number of sulfone groups is 1. The topological polar surface area (TPSA) is 89.7 Å². The van der Waals surface area contributed by atoms with Crippen LogP contribution in [-0.2, 0) is 19.4 Å². The molecule has 2 N–H and O–H groups in total. The van der Waals surface area contributed by atoms with Crippen LogP contribution in [0, 0.1) is 5.92 Å². The molecule has 2 fully saturated rings. The standard InChI is InChI=1S/C14H26N2O4S/c1-20-7-2-6-16(13-5-8-21(18,19)10-13)14(17)11-3-4-12(15)9-11/h11-13H,2-10,15H2,1H3. The highest BCUT2D eigenvalue weighted by molar-refractivity contribution is 7.91. The van der Waals surface area contributed by atoms with E-state index < -0.39 is 9.84 Å². The van der Waals surface area contributed by atoms with Crippen LogP contribution in [-0.4, -0.2) is 63.1 Å². The number of carbonyl (C=O) groups excluding carboxylic acids is 1. The summed E-state index contributed by atoms with van der Waals surface area (Å²) < 4.78 is 28.4. The molecule has 6 nitrogen and oxygen atoms in total. The summed E-state index contributed by atoms with van der Waals surface area (Å²) in [5.74, 6) is 0.340. The Hall–Kier alpha value is -0.660. The first-order chi connectivity index (χ1) is 9.93. The van der Waals surface area contributed by atoms with Crippen LogP contribution in [0.5, 0.6) is 0 Å². The number of nitrogens with zero attached hydrogens (tertiary/aromatic N) is 1. The molecule has 0 radical (unpaired) electrons. The van der Waals surface area contributed by atoms with Gasteiger partial charge >= 0.3 is 0 Å². The van der Waals surface area contributed by atoms with Crippen LogP contribution in [0.15, 0.2) is 0 Å². The quantitative estimate of drug-likeness (QED) is 0.705. The lowest BCUT2D eigenvalue weighted by atomic mass is 10.0. The molecule has 1 saturated carbocycles. The van der Waals surface area contributed by atoms with Crippen molar-refractivity contribution in [3.63, 3.8) is 0 Å². The lowest BCUT2D eigenvalue weighted by molar-refractivity contribution is -0.137. The van der Waals surface area contributed by atoms with E-state index in [-0.39, 0.29) is 35.4 Å². The first-order valence-electron chi connectivity index (χ1n) is 7.68. The van der Waals surface area contributed by atoms with Gasteiger partial charge in [-0.1, -0.05) is 0 Å². The van der Waals surface area contributed by atoms with Crippen LogP contribution < -0.4 is 5.73 Å². The summed E-state index contributed by atoms with van der Waals surface area (Å²) in [6.45, 7) is 1.14. The predicted molar refractivity (Wildman–Crippen MR) is 80.6 cm³/mol. The summed E-state index contributed by atoms with van der Waals surface area (Å²) in [6, 6.07) is -0.0664. The SMILES string of the molecule is COCCCN(C(=O)C1CCC(N)C1)C1CCS(=O)(=O)C1. The van der Waals surface area contributed by atoms with Gasteiger partial charge in [0.2, 0.25) is 5.91 Å². The molecule has 3 atom stereocenters. The molecular weight excluding hydrogens is 292 g/mol. The van der Waals surface area contributed by atoms with E-state index in [2.05, 4.69) is 0 Å². The summed E-state index contributed by atoms with van der Waals surface area (Å²) in [5.41, 5.74) is 5.89. The van der Waals surface area contributed by atoms with Gasteiger partial charge in [-0.05, 0) is 32.1 Å². The Morgan fingerprint density at radius 2 is 2.10 bits per heavy atom. The molecule has 1 amide bonds. The van der Waals surface area contributed by atoms with Crippen LogP contribution in [0.25, 0.3) is 0 Å². The molecule has 0 aromatic carbocycles. The van der Waals surface area contributed by atoms with E-state index >= 15 is 0 Å². The molecule has 0 bridgehead atoms. The highest BCUT2D eigenvalue weighted by Crippen LogP contribution is 2.28. The lowest BCUT2D eigenvalue weighted by Crippen LogP contribution is -2.44. The molecule has 0 spiro atoms. The molecule has 7 heteroatoms. The van der Waals surface area contributed by atoms with Crippen molar-refractivity contribution in [3.05, 3.63) is 0 Å². The van der Waals surface area contributed by atoms with Crippen molar-refractivity contribution < 1.29 is 17.9 Å². The lowest BCUT2D eigenvalue weighted by Gasteiger charge is -2.30. The molecule has 1 aliphatic heterocycles. The van der Waals surface area contributed by atoms with E-state index in [1.165, 1.54) is 0 Å². The van der Waals surface area contributed by atoms with E-state index in [1.807, 2.05) is 0 Å². The van der Waals surface area contributed by atoms with Crippen molar-refractivity contribution in [2.45, 2.75) is 44.2 Å². The number of methoxy groups -OCH3 is 1. The Balaban J connectivity index is 2.02. The summed E-state index contributed by atoms with van der Waals surface area (Å²) in [5, 5.41) is 0. The maximum absolute atomic E-state index is 12.7. The fraction of sp³-hybridized carbons (Fsp3) is 0.929. The average molecular weight is 318 g/mol. The molecule has 2 aliphatic rings. The molecule has 1 saturated heterocycles. The van der Waals surface area contributed by atoms with Crippen LogP contribution in [0.1, 0.15) is 32.1 Å². The minimum Gasteiger partial charge on any atom is -0.385 e. The highest BCUT2D eigenvalue weighted by Gasteiger charge is 2.38. The van der Waals surface area contributed by atoms with Gasteiger partial charge in [0.25, 0.3) is 0 Å². The van der Waals surface area contributed by atoms with Gasteiger partial charge in [0.15, 0.2) is 9.84 Å². The minimum absolute atomic E-state index is 0.0363. The number of rotatable bonds is 6. The van der Waals surface area contributed by atoms with Gasteiger partial charge in [-0.15, -0.1) is 0 Å². The van der Waals surface area contributed by atoms with E-state index in [0.717, 1.165) is 25.7 Å². The molecule has 1 aliphatic carbocycles. The number of ether oxygens (including phenoxy) is 1. The Morgan fingerprint density at radius 1 is 1.33 bits per heavy atom. The van der Waals surface area contributed by atoms with Crippen molar-refractivity contribution in [2.75, 3.05) is 31.8 Å². The summed E-state index contributed by atoms with van der Waals surface area (Å²) in [6.07, 6.45) is 3.71. The summed E-state index contributed by atoms with van der Waals surface area (Å²) in [4.78, 5) is 14.5. The van der Waals surface area contributed by atoms with Crippen LogP contribution >= 0.6 is 0 Å². The van der Waals surface area contributed by atoms with Crippen molar-refractivity contribution in [1.29, 1.82) is 0 Å². The summed E-state index contributed by atoms with van der Waals surface area (Å²) >= 11 is 0. The molecule has 122 valence electrons. The first kappa shape index (κ1) is 16.7. The van der Waals surface area contributed by atoms with Gasteiger partial charge in [-0.2, -0.15) is 0 Å². The Kier molecular flexibility index (Phi) is 5.62. The fourth-order valence-corrected chi connectivity index (χ4v) is 5.08. The third-order valence-corrected chi connectivity index (χ3v) is 6.25. The van der Waals surface area contributed by atoms with E-state index in [1.54, 1.807) is 12.0 Å². The molecule has 1 heterocycles. The smallest absolute Gasteiger partial charge is 0.226 e. The maximum atomic E-state index is 12.7. The number of amides is 1. The molecular formula is C14H26N2O4S. The Morgan fingerprint density at radius 3 is 2.62 bits per heavy atom. The second-order valence-corrected chi connectivity index (χ2v) is 8.43. The largest absolute Gasteiger partial charge is 0.385 e. The van der Waals surface area contributed by atoms with Gasteiger partial charge in [0.1, 0.15) is 0 Å². The molecule has 3 unspecified atom stereocenters. The van der Waals surface area contributed by atoms with Crippen molar-refractivity contribution >= 4 is 15.7 Å². The molecule has 2 rings (SSSR count). The van der Waals surface area contributed by atoms with Crippen molar-refractivity contribution in [3.8, 4) is 0 Å². The van der Waals surface area contributed by atoms with Crippen LogP contribution in [0.4, 0.5) is 0 Å². The second kappa shape index (κ2) is 7.07. The monoisotopic (exact) mass is 318 g/mol. The molecule has 0 aromatic heterocycles. The normalized spacial score (nSPS) is 31.4. The van der Waals surface area contributed by atoms with Crippen LogP contribution in [0.3, 0.4) is 0 Å². The van der Waals surface area contributed by atoms with Gasteiger partial charge in [-0.3, -0.25) is 4.79 Å². The average Bonchev–Trinajstić information content (AvgIpc) is 3.00. The second-order valence-electron chi connectivity index (χ2n) is 6.20. The number of hydrogen-bond acceptors (Lipinski definition) is 5. The van der Waals surface area contributed by atoms with Gasteiger partial charge < -0.3 is 15.4 Å². The zero-order valence-corrected chi connectivity index (χ0v) is 13.5. The predicted octanol–water partition coefficient (Wildman–Crippen LogP) is 0.166. The molecule has 0 aromatic rings. The minimum atomic E-state index is -2.99. The third-order valence-electron chi connectivity index (χ3n) is 4.50. The van der Waals surface area contributed by atoms with Gasteiger partial charge in [0, 0.05) is 38.3 Å².